The van der Waals surface area contributed by atoms with Gasteiger partial charge in [-0.3, -0.25) is 0 Å². The number of piperidine rings is 1. The quantitative estimate of drug-likeness (QED) is 0.835. The molecule has 0 unspecified atom stereocenters. The molecule has 7 heteroatoms. The fourth-order valence-corrected chi connectivity index (χ4v) is 3.70. The Labute approximate surface area is 121 Å². The third kappa shape index (κ3) is 2.45. The number of carbonyl (C=O) groups is 2. The summed E-state index contributed by atoms with van der Waals surface area (Å²) in [6.07, 6.45) is 1.42. The fourth-order valence-electron chi connectivity index (χ4n) is 2.87. The number of carboxylic acid groups (broad SMARTS) is 1. The molecule has 1 aromatic heterocycles. The van der Waals surface area contributed by atoms with E-state index in [0.717, 1.165) is 12.1 Å². The molecule has 3 amide bonds. The van der Waals surface area contributed by atoms with E-state index in [1.807, 2.05) is 10.3 Å². The number of hydrogen-bond acceptors (Lipinski definition) is 3. The van der Waals surface area contributed by atoms with Crippen LogP contribution in [0.4, 0.5) is 15.3 Å². The van der Waals surface area contributed by atoms with Gasteiger partial charge in [0.15, 0.2) is 0 Å². The Hall–Kier alpha value is -1.76. The lowest BCUT2D eigenvalue weighted by Gasteiger charge is -2.36. The number of amides is 3. The second-order valence-electron chi connectivity index (χ2n) is 5.19. The Morgan fingerprint density at radius 2 is 2.05 bits per heavy atom. The van der Waals surface area contributed by atoms with Gasteiger partial charge in [-0.25, -0.2) is 9.59 Å². The molecule has 3 rings (SSSR count). The predicted molar refractivity (Wildman–Crippen MR) is 76.4 cm³/mol. The Bertz CT molecular complexity index is 523. The minimum Gasteiger partial charge on any atom is -0.465 e. The first-order valence-electron chi connectivity index (χ1n) is 6.75. The molecule has 20 heavy (non-hydrogen) atoms. The number of hydrogen-bond donors (Lipinski definition) is 2. The van der Waals surface area contributed by atoms with Crippen LogP contribution in [0.5, 0.6) is 0 Å². The van der Waals surface area contributed by atoms with Gasteiger partial charge in [-0.05, 0) is 30.2 Å². The van der Waals surface area contributed by atoms with Crippen LogP contribution in [0.3, 0.4) is 0 Å². The molecule has 1 fully saturated rings. The topological polar surface area (TPSA) is 72.9 Å². The van der Waals surface area contributed by atoms with Crippen molar-refractivity contribution in [1.82, 2.24) is 9.80 Å². The van der Waals surface area contributed by atoms with Gasteiger partial charge in [0.25, 0.3) is 0 Å². The van der Waals surface area contributed by atoms with Crippen molar-refractivity contribution >= 4 is 29.1 Å². The lowest BCUT2D eigenvalue weighted by Crippen LogP contribution is -2.49. The van der Waals surface area contributed by atoms with Gasteiger partial charge in [0.1, 0.15) is 0 Å². The van der Waals surface area contributed by atoms with Crippen molar-refractivity contribution < 1.29 is 14.7 Å². The van der Waals surface area contributed by atoms with Crippen LogP contribution < -0.4 is 5.32 Å². The summed E-state index contributed by atoms with van der Waals surface area (Å²) >= 11 is 1.60. The Balaban J connectivity index is 1.65. The summed E-state index contributed by atoms with van der Waals surface area (Å²) in [7, 11) is 0. The Kier molecular flexibility index (Phi) is 3.52. The first kappa shape index (κ1) is 13.2. The number of nitrogens with one attached hydrogen (secondary N) is 1. The van der Waals surface area contributed by atoms with Gasteiger partial charge in [0.2, 0.25) is 0 Å². The summed E-state index contributed by atoms with van der Waals surface area (Å²) in [6, 6.07) is 0.0780. The number of anilines is 1. The molecule has 0 radical (unpaired) electrons. The van der Waals surface area contributed by atoms with E-state index in [1.54, 1.807) is 11.3 Å². The zero-order valence-electron chi connectivity index (χ0n) is 11.0. The highest BCUT2D eigenvalue weighted by atomic mass is 32.1. The highest BCUT2D eigenvalue weighted by Crippen LogP contribution is 2.27. The van der Waals surface area contributed by atoms with Crippen molar-refractivity contribution in [2.45, 2.75) is 25.3 Å². The molecule has 0 aliphatic carbocycles. The third-order valence-electron chi connectivity index (χ3n) is 4.04. The molecule has 2 aliphatic heterocycles. The van der Waals surface area contributed by atoms with Crippen LogP contribution in [0.25, 0.3) is 0 Å². The molecule has 0 atom stereocenters. The van der Waals surface area contributed by atoms with E-state index >= 15 is 0 Å². The average Bonchev–Trinajstić information content (AvgIpc) is 2.80. The number of carbonyl (C=O) groups excluding carboxylic acids is 1. The van der Waals surface area contributed by atoms with Gasteiger partial charge in [-0.15, -0.1) is 11.3 Å². The zero-order valence-corrected chi connectivity index (χ0v) is 11.9. The Morgan fingerprint density at radius 3 is 2.75 bits per heavy atom. The summed E-state index contributed by atoms with van der Waals surface area (Å²) in [5, 5.41) is 15.9. The van der Waals surface area contributed by atoms with Crippen molar-refractivity contribution in [2.75, 3.05) is 25.0 Å². The second-order valence-corrected chi connectivity index (χ2v) is 5.93. The van der Waals surface area contributed by atoms with E-state index in [2.05, 4.69) is 10.7 Å². The molecule has 2 aliphatic rings. The van der Waals surface area contributed by atoms with Crippen LogP contribution in [-0.2, 0) is 6.42 Å². The minimum atomic E-state index is -0.870. The van der Waals surface area contributed by atoms with Crippen LogP contribution in [0.2, 0.25) is 0 Å². The summed E-state index contributed by atoms with van der Waals surface area (Å²) in [5.41, 5.74) is 2.11. The van der Waals surface area contributed by atoms with E-state index < -0.39 is 6.09 Å². The average molecular weight is 295 g/mol. The second kappa shape index (κ2) is 5.32. The minimum absolute atomic E-state index is 0.0593. The van der Waals surface area contributed by atoms with Crippen molar-refractivity contribution in [2.24, 2.45) is 0 Å². The molecular weight excluding hydrogens is 278 g/mol. The first-order valence-corrected chi connectivity index (χ1v) is 7.70. The lowest BCUT2D eigenvalue weighted by atomic mass is 10.0. The molecule has 3 heterocycles. The van der Waals surface area contributed by atoms with Crippen molar-refractivity contribution in [1.29, 1.82) is 0 Å². The molecule has 108 valence electrons. The number of nitrogens with zero attached hydrogens (tertiary/aromatic N) is 2. The molecule has 6 nitrogen and oxygen atoms in total. The normalized spacial score (nSPS) is 20.3. The highest BCUT2D eigenvalue weighted by molar-refractivity contribution is 7.08. The SMILES string of the molecule is O=C(O)N1CCC(N2CCc3cscc3NC2=O)CC1. The van der Waals surface area contributed by atoms with Crippen LogP contribution in [0.15, 0.2) is 10.8 Å². The number of thiophene rings is 1. The van der Waals surface area contributed by atoms with Gasteiger partial charge < -0.3 is 20.2 Å². The van der Waals surface area contributed by atoms with Crippen LogP contribution >= 0.6 is 11.3 Å². The summed E-state index contributed by atoms with van der Waals surface area (Å²) in [4.78, 5) is 26.5. The molecule has 1 aromatic rings. The fraction of sp³-hybridized carbons (Fsp3) is 0.538. The van der Waals surface area contributed by atoms with Gasteiger partial charge in [-0.2, -0.15) is 0 Å². The van der Waals surface area contributed by atoms with Crippen LogP contribution in [0.1, 0.15) is 18.4 Å². The third-order valence-corrected chi connectivity index (χ3v) is 4.83. The van der Waals surface area contributed by atoms with Crippen LogP contribution in [-0.4, -0.2) is 52.7 Å². The van der Waals surface area contributed by atoms with Gasteiger partial charge >= 0.3 is 12.1 Å². The molecule has 0 bridgehead atoms. The van der Waals surface area contributed by atoms with E-state index in [1.165, 1.54) is 10.5 Å². The van der Waals surface area contributed by atoms with E-state index in [9.17, 15) is 9.59 Å². The molecule has 0 aromatic carbocycles. The Morgan fingerprint density at radius 1 is 1.30 bits per heavy atom. The molecule has 0 saturated carbocycles. The number of rotatable bonds is 1. The van der Waals surface area contributed by atoms with Crippen molar-refractivity contribution in [3.63, 3.8) is 0 Å². The summed E-state index contributed by atoms with van der Waals surface area (Å²) in [5.74, 6) is 0. The molecule has 0 spiro atoms. The van der Waals surface area contributed by atoms with Crippen LogP contribution in [0, 0.1) is 0 Å². The maximum absolute atomic E-state index is 12.3. The van der Waals surface area contributed by atoms with E-state index in [0.29, 0.717) is 32.5 Å². The monoisotopic (exact) mass is 295 g/mol. The van der Waals surface area contributed by atoms with Crippen molar-refractivity contribution in [3.05, 3.63) is 16.3 Å². The van der Waals surface area contributed by atoms with Gasteiger partial charge in [0, 0.05) is 31.1 Å². The molecule has 2 N–H and O–H groups in total. The maximum Gasteiger partial charge on any atom is 0.407 e. The summed E-state index contributed by atoms with van der Waals surface area (Å²) < 4.78 is 0. The number of fused-ring (bicyclic) bond motifs is 1. The summed E-state index contributed by atoms with van der Waals surface area (Å²) in [6.45, 7) is 1.71. The maximum atomic E-state index is 12.3. The molecular formula is C13H17N3O3S. The van der Waals surface area contributed by atoms with Crippen molar-refractivity contribution in [3.8, 4) is 0 Å². The highest BCUT2D eigenvalue weighted by Gasteiger charge is 2.31. The van der Waals surface area contributed by atoms with Gasteiger partial charge in [-0.1, -0.05) is 0 Å². The number of likely N-dealkylation sites (tertiary alicyclic amines) is 1. The smallest absolute Gasteiger partial charge is 0.407 e. The predicted octanol–water partition coefficient (Wildman–Crippen LogP) is 2.28. The lowest BCUT2D eigenvalue weighted by molar-refractivity contribution is 0.108. The first-order chi connectivity index (χ1) is 9.65. The van der Waals surface area contributed by atoms with Gasteiger partial charge in [0.05, 0.1) is 5.69 Å². The van der Waals surface area contributed by atoms with E-state index in [4.69, 9.17) is 5.11 Å². The molecule has 1 saturated heterocycles. The standard InChI is InChI=1S/C13H17N3O3S/c17-12-14-11-8-20-7-9(11)1-6-16(12)10-2-4-15(5-3-10)13(18)19/h7-8,10H,1-6H2,(H,14,17)(H,18,19). The largest absolute Gasteiger partial charge is 0.465 e. The van der Waals surface area contributed by atoms with E-state index in [-0.39, 0.29) is 12.1 Å². The zero-order chi connectivity index (χ0) is 14.1. The number of urea groups is 1.